The Morgan fingerprint density at radius 2 is 1.82 bits per heavy atom. The summed E-state index contributed by atoms with van der Waals surface area (Å²) in [6.07, 6.45) is 3.65. The van der Waals surface area contributed by atoms with E-state index in [1.54, 1.807) is 0 Å². The molecule has 146 valence electrons. The Kier molecular flexibility index (Phi) is 5.29. The maximum Gasteiger partial charge on any atom is 0.317 e. The standard InChI is InChI=1S/C22H24ClN3O2/c1-16-2-4-17(5-3-16)15-24-21(27)26-12-10-22(11-13-26)14-20(25-28-22)18-6-8-19(23)9-7-18/h2-9,14,25H,10-13,15H2,1H3,(H,24,27). The summed E-state index contributed by atoms with van der Waals surface area (Å²) in [5, 5.41) is 3.72. The molecule has 1 saturated heterocycles. The van der Waals surface area contributed by atoms with Crippen LogP contribution in [0.2, 0.25) is 5.02 Å². The summed E-state index contributed by atoms with van der Waals surface area (Å²) in [5.41, 5.74) is 7.00. The Morgan fingerprint density at radius 1 is 1.14 bits per heavy atom. The van der Waals surface area contributed by atoms with Gasteiger partial charge in [-0.25, -0.2) is 4.79 Å². The van der Waals surface area contributed by atoms with Crippen LogP contribution in [0.1, 0.15) is 29.5 Å². The van der Waals surface area contributed by atoms with E-state index in [0.717, 1.165) is 29.7 Å². The molecule has 2 N–H and O–H groups in total. The maximum atomic E-state index is 12.5. The fraction of sp³-hybridized carbons (Fsp3) is 0.318. The van der Waals surface area contributed by atoms with Crippen molar-refractivity contribution < 1.29 is 9.63 Å². The van der Waals surface area contributed by atoms with Crippen molar-refractivity contribution in [1.29, 1.82) is 0 Å². The van der Waals surface area contributed by atoms with Gasteiger partial charge in [-0.05, 0) is 36.3 Å². The molecule has 2 aliphatic heterocycles. The molecule has 0 aromatic heterocycles. The number of nitrogens with zero attached hydrogens (tertiary/aromatic N) is 1. The number of hydrogen-bond donors (Lipinski definition) is 2. The molecule has 4 rings (SSSR count). The number of nitrogens with one attached hydrogen (secondary N) is 2. The van der Waals surface area contributed by atoms with Crippen molar-refractivity contribution >= 4 is 23.3 Å². The molecule has 0 radical (unpaired) electrons. The van der Waals surface area contributed by atoms with Crippen LogP contribution in [0.5, 0.6) is 0 Å². The normalized spacial score (nSPS) is 17.9. The zero-order valence-electron chi connectivity index (χ0n) is 15.9. The highest BCUT2D eigenvalue weighted by molar-refractivity contribution is 6.30. The Labute approximate surface area is 170 Å². The number of carbonyl (C=O) groups is 1. The van der Waals surface area contributed by atoms with Crippen LogP contribution in [-0.2, 0) is 11.4 Å². The van der Waals surface area contributed by atoms with E-state index in [2.05, 4.69) is 35.9 Å². The lowest BCUT2D eigenvalue weighted by molar-refractivity contribution is -0.0639. The number of rotatable bonds is 3. The van der Waals surface area contributed by atoms with Gasteiger partial charge in [-0.3, -0.25) is 10.3 Å². The number of hydroxylamine groups is 1. The molecule has 0 unspecified atom stereocenters. The molecule has 0 saturated carbocycles. The molecule has 1 fully saturated rings. The SMILES string of the molecule is Cc1ccc(CNC(=O)N2CCC3(C=C(c4ccc(Cl)cc4)NO3)CC2)cc1. The average Bonchev–Trinajstić information content (AvgIpc) is 3.12. The number of amides is 2. The van der Waals surface area contributed by atoms with Crippen LogP contribution >= 0.6 is 11.6 Å². The van der Waals surface area contributed by atoms with Crippen LogP contribution in [0.4, 0.5) is 4.79 Å². The molecule has 1 spiro atoms. The molecule has 2 amide bonds. The van der Waals surface area contributed by atoms with E-state index in [-0.39, 0.29) is 11.6 Å². The highest BCUT2D eigenvalue weighted by atomic mass is 35.5. The van der Waals surface area contributed by atoms with Crippen LogP contribution in [-0.4, -0.2) is 29.6 Å². The maximum absolute atomic E-state index is 12.5. The highest BCUT2D eigenvalue weighted by Gasteiger charge is 2.39. The molecule has 2 heterocycles. The zero-order valence-corrected chi connectivity index (χ0v) is 16.6. The third kappa shape index (κ3) is 4.16. The summed E-state index contributed by atoms with van der Waals surface area (Å²) < 4.78 is 0. The Balaban J connectivity index is 1.32. The van der Waals surface area contributed by atoms with E-state index in [1.807, 2.05) is 41.3 Å². The van der Waals surface area contributed by atoms with E-state index < -0.39 is 0 Å². The molecule has 28 heavy (non-hydrogen) atoms. The van der Waals surface area contributed by atoms with E-state index in [0.29, 0.717) is 24.7 Å². The smallest absolute Gasteiger partial charge is 0.317 e. The van der Waals surface area contributed by atoms with Crippen molar-refractivity contribution in [2.75, 3.05) is 13.1 Å². The number of hydrogen-bond acceptors (Lipinski definition) is 3. The van der Waals surface area contributed by atoms with Crippen molar-refractivity contribution in [3.8, 4) is 0 Å². The molecule has 0 atom stereocenters. The lowest BCUT2D eigenvalue weighted by atomic mass is 9.90. The van der Waals surface area contributed by atoms with Crippen molar-refractivity contribution in [3.63, 3.8) is 0 Å². The van der Waals surface area contributed by atoms with Gasteiger partial charge in [0.1, 0.15) is 5.60 Å². The fourth-order valence-corrected chi connectivity index (χ4v) is 3.71. The second kappa shape index (κ2) is 7.86. The number of piperidine rings is 1. The monoisotopic (exact) mass is 397 g/mol. The van der Waals surface area contributed by atoms with E-state index in [1.165, 1.54) is 5.56 Å². The summed E-state index contributed by atoms with van der Waals surface area (Å²) in [4.78, 5) is 20.3. The van der Waals surface area contributed by atoms with E-state index in [4.69, 9.17) is 16.4 Å². The zero-order chi connectivity index (χ0) is 19.6. The number of urea groups is 1. The summed E-state index contributed by atoms with van der Waals surface area (Å²) in [6, 6.07) is 15.8. The van der Waals surface area contributed by atoms with Gasteiger partial charge >= 0.3 is 6.03 Å². The van der Waals surface area contributed by atoms with Gasteiger partial charge in [-0.1, -0.05) is 53.6 Å². The first-order valence-electron chi connectivity index (χ1n) is 9.54. The van der Waals surface area contributed by atoms with Crippen LogP contribution in [0.3, 0.4) is 0 Å². The Bertz CT molecular complexity index is 870. The lowest BCUT2D eigenvalue weighted by Gasteiger charge is -2.36. The van der Waals surface area contributed by atoms with Gasteiger partial charge in [0.15, 0.2) is 0 Å². The minimum Gasteiger partial charge on any atom is -0.334 e. The number of aryl methyl sites for hydroxylation is 1. The molecule has 5 nitrogen and oxygen atoms in total. The molecule has 2 aliphatic rings. The Hall–Kier alpha value is -2.50. The first-order chi connectivity index (χ1) is 13.5. The summed E-state index contributed by atoms with van der Waals surface area (Å²) >= 11 is 5.96. The van der Waals surface area contributed by atoms with Gasteiger partial charge in [0.25, 0.3) is 0 Å². The van der Waals surface area contributed by atoms with Crippen LogP contribution in [0.15, 0.2) is 54.6 Å². The van der Waals surface area contributed by atoms with Crippen molar-refractivity contribution in [1.82, 2.24) is 15.7 Å². The lowest BCUT2D eigenvalue weighted by Crippen LogP contribution is -2.49. The topological polar surface area (TPSA) is 53.6 Å². The first kappa shape index (κ1) is 18.8. The summed E-state index contributed by atoms with van der Waals surface area (Å²) in [6.45, 7) is 3.91. The van der Waals surface area contributed by atoms with Crippen molar-refractivity contribution in [2.24, 2.45) is 0 Å². The molecule has 2 aromatic rings. The number of carbonyl (C=O) groups excluding carboxylic acids is 1. The average molecular weight is 398 g/mol. The molecule has 2 aromatic carbocycles. The van der Waals surface area contributed by atoms with E-state index >= 15 is 0 Å². The van der Waals surface area contributed by atoms with Crippen LogP contribution in [0, 0.1) is 6.92 Å². The van der Waals surface area contributed by atoms with Gasteiger partial charge in [-0.2, -0.15) is 0 Å². The quantitative estimate of drug-likeness (QED) is 0.813. The minimum absolute atomic E-state index is 0.0247. The van der Waals surface area contributed by atoms with Gasteiger partial charge in [0.05, 0.1) is 5.70 Å². The van der Waals surface area contributed by atoms with Gasteiger partial charge in [0, 0.05) is 37.5 Å². The molecule has 6 heteroatoms. The third-order valence-electron chi connectivity index (χ3n) is 5.39. The number of likely N-dealkylation sites (tertiary alicyclic amines) is 1. The summed E-state index contributed by atoms with van der Waals surface area (Å²) in [5.74, 6) is 0. The number of halogens is 1. The molecule has 0 aliphatic carbocycles. The molecule has 0 bridgehead atoms. The summed E-state index contributed by atoms with van der Waals surface area (Å²) in [7, 11) is 0. The number of benzene rings is 2. The van der Waals surface area contributed by atoms with E-state index in [9.17, 15) is 4.79 Å². The largest absolute Gasteiger partial charge is 0.334 e. The van der Waals surface area contributed by atoms with Gasteiger partial charge < -0.3 is 10.2 Å². The van der Waals surface area contributed by atoms with Crippen molar-refractivity contribution in [3.05, 3.63) is 76.3 Å². The van der Waals surface area contributed by atoms with Crippen LogP contribution < -0.4 is 10.8 Å². The fourth-order valence-electron chi connectivity index (χ4n) is 3.58. The molecular weight excluding hydrogens is 374 g/mol. The third-order valence-corrected chi connectivity index (χ3v) is 5.64. The van der Waals surface area contributed by atoms with Crippen molar-refractivity contribution in [2.45, 2.75) is 31.9 Å². The second-order valence-corrected chi connectivity index (χ2v) is 7.90. The minimum atomic E-state index is -0.358. The van der Waals surface area contributed by atoms with Gasteiger partial charge in [0.2, 0.25) is 0 Å². The highest BCUT2D eigenvalue weighted by Crippen LogP contribution is 2.34. The van der Waals surface area contributed by atoms with Crippen LogP contribution in [0.25, 0.3) is 5.70 Å². The first-order valence-corrected chi connectivity index (χ1v) is 9.92. The predicted octanol–water partition coefficient (Wildman–Crippen LogP) is 4.27. The predicted molar refractivity (Wildman–Crippen MR) is 111 cm³/mol. The van der Waals surface area contributed by atoms with Gasteiger partial charge in [-0.15, -0.1) is 0 Å². The molecular formula is C22H24ClN3O2. The Morgan fingerprint density at radius 3 is 2.50 bits per heavy atom. The second-order valence-electron chi connectivity index (χ2n) is 7.47.